The van der Waals surface area contributed by atoms with Gasteiger partial charge in [-0.3, -0.25) is 4.98 Å². The highest BCUT2D eigenvalue weighted by molar-refractivity contribution is 5.34. The average Bonchev–Trinajstić information content (AvgIpc) is 2.79. The van der Waals surface area contributed by atoms with Gasteiger partial charge in [-0.05, 0) is 44.9 Å². The Labute approximate surface area is 101 Å². The lowest BCUT2D eigenvalue weighted by atomic mass is 10.2. The molecule has 5 nitrogen and oxygen atoms in total. The van der Waals surface area contributed by atoms with Crippen LogP contribution >= 0.6 is 0 Å². The Bertz CT molecular complexity index is 477. The second-order valence-corrected chi connectivity index (χ2v) is 4.01. The van der Waals surface area contributed by atoms with Gasteiger partial charge in [0.1, 0.15) is 0 Å². The quantitative estimate of drug-likeness (QED) is 0.786. The third-order valence-corrected chi connectivity index (χ3v) is 2.65. The van der Waals surface area contributed by atoms with E-state index in [1.165, 1.54) is 0 Å². The number of aromatic nitrogens is 4. The molecule has 90 valence electrons. The molecular weight excluding hydrogens is 214 g/mol. The highest BCUT2D eigenvalue weighted by atomic mass is 15.4. The molecule has 0 spiro atoms. The standard InChI is InChI=1S/C12H17N5/c1-10-12(6-4-8-14-10)17-9-11(15-16-17)5-2-3-7-13/h4,6,8-9H,2-3,5,7,13H2,1H3. The Morgan fingerprint density at radius 1 is 1.35 bits per heavy atom. The van der Waals surface area contributed by atoms with Crippen molar-refractivity contribution in [3.63, 3.8) is 0 Å². The number of unbranched alkanes of at least 4 members (excludes halogenated alkanes) is 1. The van der Waals surface area contributed by atoms with Crippen molar-refractivity contribution in [3.8, 4) is 5.69 Å². The molecule has 17 heavy (non-hydrogen) atoms. The van der Waals surface area contributed by atoms with E-state index in [0.29, 0.717) is 0 Å². The number of rotatable bonds is 5. The fraction of sp³-hybridized carbons (Fsp3) is 0.417. The van der Waals surface area contributed by atoms with Crippen LogP contribution in [-0.2, 0) is 6.42 Å². The van der Waals surface area contributed by atoms with Crippen LogP contribution < -0.4 is 5.73 Å². The van der Waals surface area contributed by atoms with E-state index < -0.39 is 0 Å². The first-order chi connectivity index (χ1) is 8.31. The van der Waals surface area contributed by atoms with Crippen LogP contribution in [0.2, 0.25) is 0 Å². The molecule has 0 unspecified atom stereocenters. The van der Waals surface area contributed by atoms with Gasteiger partial charge in [-0.2, -0.15) is 0 Å². The fourth-order valence-corrected chi connectivity index (χ4v) is 1.70. The van der Waals surface area contributed by atoms with Crippen LogP contribution in [0.25, 0.3) is 5.69 Å². The molecular formula is C12H17N5. The van der Waals surface area contributed by atoms with Gasteiger partial charge in [0, 0.05) is 6.20 Å². The number of hydrogen-bond acceptors (Lipinski definition) is 4. The number of nitrogens with zero attached hydrogens (tertiary/aromatic N) is 4. The average molecular weight is 231 g/mol. The van der Waals surface area contributed by atoms with Crippen molar-refractivity contribution in [2.75, 3.05) is 6.54 Å². The molecule has 2 N–H and O–H groups in total. The zero-order valence-corrected chi connectivity index (χ0v) is 10.0. The Hall–Kier alpha value is -1.75. The van der Waals surface area contributed by atoms with Crippen molar-refractivity contribution in [2.24, 2.45) is 5.73 Å². The number of hydrogen-bond donors (Lipinski definition) is 1. The molecule has 0 aliphatic rings. The van der Waals surface area contributed by atoms with Crippen molar-refractivity contribution in [1.82, 2.24) is 20.0 Å². The monoisotopic (exact) mass is 231 g/mol. The van der Waals surface area contributed by atoms with Gasteiger partial charge in [0.2, 0.25) is 0 Å². The summed E-state index contributed by atoms with van der Waals surface area (Å²) in [6, 6.07) is 3.89. The first-order valence-corrected chi connectivity index (χ1v) is 5.84. The van der Waals surface area contributed by atoms with Crippen LogP contribution in [0.5, 0.6) is 0 Å². The predicted molar refractivity (Wildman–Crippen MR) is 65.9 cm³/mol. The highest BCUT2D eigenvalue weighted by Gasteiger charge is 2.05. The third-order valence-electron chi connectivity index (χ3n) is 2.65. The van der Waals surface area contributed by atoms with Crippen LogP contribution in [0.1, 0.15) is 24.2 Å². The molecule has 0 saturated carbocycles. The van der Waals surface area contributed by atoms with E-state index in [-0.39, 0.29) is 0 Å². The van der Waals surface area contributed by atoms with Crippen LogP contribution in [0.3, 0.4) is 0 Å². The topological polar surface area (TPSA) is 69.6 Å². The lowest BCUT2D eigenvalue weighted by molar-refractivity contribution is 0.726. The van der Waals surface area contributed by atoms with E-state index in [0.717, 1.165) is 42.9 Å². The zero-order valence-electron chi connectivity index (χ0n) is 10.0. The molecule has 0 radical (unpaired) electrons. The van der Waals surface area contributed by atoms with Crippen molar-refractivity contribution in [3.05, 3.63) is 35.9 Å². The van der Waals surface area contributed by atoms with Gasteiger partial charge in [0.25, 0.3) is 0 Å². The van der Waals surface area contributed by atoms with E-state index in [1.807, 2.05) is 25.3 Å². The molecule has 0 fully saturated rings. The molecule has 5 heteroatoms. The SMILES string of the molecule is Cc1ncccc1-n1cc(CCCCN)nn1. The molecule has 0 amide bonds. The normalized spacial score (nSPS) is 10.7. The summed E-state index contributed by atoms with van der Waals surface area (Å²) in [5.41, 5.74) is 8.39. The summed E-state index contributed by atoms with van der Waals surface area (Å²) < 4.78 is 1.78. The predicted octanol–water partition coefficient (Wildman–Crippen LogP) is 1.25. The van der Waals surface area contributed by atoms with E-state index in [2.05, 4.69) is 15.3 Å². The summed E-state index contributed by atoms with van der Waals surface area (Å²) in [5.74, 6) is 0. The van der Waals surface area contributed by atoms with Crippen molar-refractivity contribution in [2.45, 2.75) is 26.2 Å². The maximum atomic E-state index is 5.46. The Balaban J connectivity index is 2.10. The van der Waals surface area contributed by atoms with Gasteiger partial charge in [-0.15, -0.1) is 5.10 Å². The molecule has 0 aliphatic carbocycles. The molecule has 0 atom stereocenters. The van der Waals surface area contributed by atoms with Crippen LogP contribution in [0, 0.1) is 6.92 Å². The maximum absolute atomic E-state index is 5.46. The number of nitrogens with two attached hydrogens (primary N) is 1. The van der Waals surface area contributed by atoms with E-state index in [9.17, 15) is 0 Å². The Kier molecular flexibility index (Phi) is 3.82. The van der Waals surface area contributed by atoms with Crippen LogP contribution in [0.4, 0.5) is 0 Å². The van der Waals surface area contributed by atoms with Gasteiger partial charge >= 0.3 is 0 Å². The van der Waals surface area contributed by atoms with E-state index in [4.69, 9.17) is 5.73 Å². The lowest BCUT2D eigenvalue weighted by Crippen LogP contribution is -1.99. The first kappa shape index (κ1) is 11.7. The summed E-state index contributed by atoms with van der Waals surface area (Å²) in [7, 11) is 0. The molecule has 0 saturated heterocycles. The van der Waals surface area contributed by atoms with Gasteiger partial charge < -0.3 is 5.73 Å². The van der Waals surface area contributed by atoms with Gasteiger partial charge in [-0.1, -0.05) is 5.21 Å². The number of aryl methyl sites for hydroxylation is 2. The molecule has 0 aliphatic heterocycles. The third kappa shape index (κ3) is 2.88. The van der Waals surface area contributed by atoms with Gasteiger partial charge in [0.05, 0.1) is 23.3 Å². The minimum atomic E-state index is 0.732. The molecule has 0 aromatic carbocycles. The molecule has 2 aromatic rings. The summed E-state index contributed by atoms with van der Waals surface area (Å²) in [5, 5.41) is 8.27. The van der Waals surface area contributed by atoms with Crippen molar-refractivity contribution < 1.29 is 0 Å². The largest absolute Gasteiger partial charge is 0.330 e. The minimum absolute atomic E-state index is 0.732. The van der Waals surface area contributed by atoms with E-state index in [1.54, 1.807) is 10.9 Å². The fourth-order valence-electron chi connectivity index (χ4n) is 1.70. The first-order valence-electron chi connectivity index (χ1n) is 5.84. The van der Waals surface area contributed by atoms with Gasteiger partial charge in [-0.25, -0.2) is 4.68 Å². The van der Waals surface area contributed by atoms with Crippen molar-refractivity contribution >= 4 is 0 Å². The number of pyridine rings is 1. The summed E-state index contributed by atoms with van der Waals surface area (Å²) in [4.78, 5) is 4.24. The van der Waals surface area contributed by atoms with E-state index >= 15 is 0 Å². The van der Waals surface area contributed by atoms with Crippen LogP contribution in [-0.4, -0.2) is 26.5 Å². The summed E-state index contributed by atoms with van der Waals surface area (Å²) in [6.07, 6.45) is 6.74. The minimum Gasteiger partial charge on any atom is -0.330 e. The molecule has 2 rings (SSSR count). The Morgan fingerprint density at radius 2 is 2.24 bits per heavy atom. The maximum Gasteiger partial charge on any atom is 0.0875 e. The van der Waals surface area contributed by atoms with Gasteiger partial charge in [0.15, 0.2) is 0 Å². The zero-order chi connectivity index (χ0) is 12.1. The lowest BCUT2D eigenvalue weighted by Gasteiger charge is -2.01. The Morgan fingerprint density at radius 3 is 3.00 bits per heavy atom. The highest BCUT2D eigenvalue weighted by Crippen LogP contribution is 2.10. The summed E-state index contributed by atoms with van der Waals surface area (Å²) in [6.45, 7) is 2.70. The second-order valence-electron chi connectivity index (χ2n) is 4.01. The molecule has 2 aromatic heterocycles. The van der Waals surface area contributed by atoms with Crippen molar-refractivity contribution in [1.29, 1.82) is 0 Å². The molecule has 0 bridgehead atoms. The smallest absolute Gasteiger partial charge is 0.0875 e. The second kappa shape index (κ2) is 5.54. The van der Waals surface area contributed by atoms with Crippen LogP contribution in [0.15, 0.2) is 24.5 Å². The molecule has 2 heterocycles. The summed E-state index contributed by atoms with van der Waals surface area (Å²) >= 11 is 0.